The van der Waals surface area contributed by atoms with Crippen LogP contribution in [0.2, 0.25) is 0 Å². The Morgan fingerprint density at radius 2 is 2.04 bits per heavy atom. The van der Waals surface area contributed by atoms with Gasteiger partial charge in [-0.15, -0.1) is 0 Å². The van der Waals surface area contributed by atoms with Crippen LogP contribution < -0.4 is 4.90 Å². The van der Waals surface area contributed by atoms with Crippen molar-refractivity contribution in [3.8, 4) is 11.5 Å². The average molecular weight is 330 g/mol. The highest BCUT2D eigenvalue weighted by Gasteiger charge is 2.24. The maximum atomic E-state index is 12.0. The lowest BCUT2D eigenvalue weighted by atomic mass is 10.3. The molecule has 0 bridgehead atoms. The van der Waals surface area contributed by atoms with Gasteiger partial charge in [0.2, 0.25) is 11.9 Å². The van der Waals surface area contributed by atoms with Crippen molar-refractivity contribution in [2.75, 3.05) is 38.2 Å². The highest BCUT2D eigenvalue weighted by Crippen LogP contribution is 2.20. The Bertz CT molecular complexity index is 709. The molecule has 8 nitrogen and oxygen atoms in total. The Labute approximate surface area is 139 Å². The Morgan fingerprint density at radius 1 is 1.25 bits per heavy atom. The van der Waals surface area contributed by atoms with Gasteiger partial charge in [-0.05, 0) is 18.2 Å². The monoisotopic (exact) mass is 330 g/mol. The second-order valence-corrected chi connectivity index (χ2v) is 5.34. The molecule has 126 valence electrons. The summed E-state index contributed by atoms with van der Waals surface area (Å²) in [6.45, 7) is 2.25. The first-order chi connectivity index (χ1) is 11.7. The van der Waals surface area contributed by atoms with Gasteiger partial charge in [-0.3, -0.25) is 9.59 Å². The second-order valence-electron chi connectivity index (χ2n) is 5.34. The number of carbonyl (C=O) groups excluding carboxylic acids is 2. The summed E-state index contributed by atoms with van der Waals surface area (Å²) >= 11 is 0. The van der Waals surface area contributed by atoms with Crippen LogP contribution in [0.3, 0.4) is 0 Å². The van der Waals surface area contributed by atoms with Crippen molar-refractivity contribution in [1.82, 2.24) is 14.9 Å². The zero-order valence-corrected chi connectivity index (χ0v) is 13.3. The van der Waals surface area contributed by atoms with E-state index in [1.54, 1.807) is 23.4 Å². The molecule has 0 saturated carbocycles. The molecule has 0 N–H and O–H groups in total. The van der Waals surface area contributed by atoms with Crippen molar-refractivity contribution in [3.63, 3.8) is 0 Å². The van der Waals surface area contributed by atoms with Crippen molar-refractivity contribution in [2.24, 2.45) is 0 Å². The van der Waals surface area contributed by atoms with Crippen molar-refractivity contribution < 1.29 is 18.7 Å². The van der Waals surface area contributed by atoms with Crippen molar-refractivity contribution in [1.29, 1.82) is 0 Å². The lowest BCUT2D eigenvalue weighted by Crippen LogP contribution is -2.49. The number of anilines is 1. The number of methoxy groups -OCH3 is 1. The Morgan fingerprint density at radius 3 is 2.71 bits per heavy atom. The number of aromatic nitrogens is 2. The fourth-order valence-corrected chi connectivity index (χ4v) is 2.53. The van der Waals surface area contributed by atoms with E-state index >= 15 is 0 Å². The van der Waals surface area contributed by atoms with Crippen LogP contribution in [0.5, 0.6) is 0 Å². The number of hydrogen-bond donors (Lipinski definition) is 0. The third-order valence-corrected chi connectivity index (χ3v) is 3.85. The van der Waals surface area contributed by atoms with Crippen LogP contribution in [-0.2, 0) is 14.3 Å². The van der Waals surface area contributed by atoms with E-state index < -0.39 is 5.97 Å². The molecule has 8 heteroatoms. The number of rotatable bonds is 4. The third kappa shape index (κ3) is 3.53. The summed E-state index contributed by atoms with van der Waals surface area (Å²) in [5.74, 6) is 0.554. The van der Waals surface area contributed by atoms with Crippen LogP contribution in [0, 0.1) is 0 Å². The number of carbonyl (C=O) groups is 2. The Balaban J connectivity index is 1.62. The van der Waals surface area contributed by atoms with Crippen LogP contribution in [0.4, 0.5) is 5.95 Å². The fourth-order valence-electron chi connectivity index (χ4n) is 2.53. The minimum atomic E-state index is -0.517. The molecule has 1 fully saturated rings. The molecule has 0 aliphatic carbocycles. The zero-order chi connectivity index (χ0) is 16.9. The van der Waals surface area contributed by atoms with Crippen molar-refractivity contribution in [2.45, 2.75) is 6.42 Å². The second kappa shape index (κ2) is 7.12. The molecular formula is C16H18N4O4. The van der Waals surface area contributed by atoms with E-state index in [2.05, 4.69) is 14.7 Å². The van der Waals surface area contributed by atoms with Gasteiger partial charge in [0.1, 0.15) is 12.1 Å². The van der Waals surface area contributed by atoms with Crippen LogP contribution in [0.25, 0.3) is 11.5 Å². The molecule has 0 radical (unpaired) electrons. The molecule has 2 aromatic heterocycles. The lowest BCUT2D eigenvalue weighted by Gasteiger charge is -2.34. The van der Waals surface area contributed by atoms with Gasteiger partial charge in [0.25, 0.3) is 0 Å². The first-order valence-electron chi connectivity index (χ1n) is 7.64. The molecule has 1 aliphatic rings. The first kappa shape index (κ1) is 16.0. The summed E-state index contributed by atoms with van der Waals surface area (Å²) in [5.41, 5.74) is 0.717. The number of esters is 1. The van der Waals surface area contributed by atoms with E-state index in [-0.39, 0.29) is 12.3 Å². The highest BCUT2D eigenvalue weighted by atomic mass is 16.5. The molecule has 0 atom stereocenters. The minimum absolute atomic E-state index is 0.216. The number of hydrogen-bond acceptors (Lipinski definition) is 7. The van der Waals surface area contributed by atoms with Gasteiger partial charge in [-0.25, -0.2) is 9.97 Å². The number of amides is 1. The van der Waals surface area contributed by atoms with Gasteiger partial charge in [0.15, 0.2) is 5.76 Å². The van der Waals surface area contributed by atoms with E-state index in [4.69, 9.17) is 4.42 Å². The van der Waals surface area contributed by atoms with Gasteiger partial charge < -0.3 is 19.0 Å². The number of piperazine rings is 1. The summed E-state index contributed by atoms with van der Waals surface area (Å²) in [5, 5.41) is 0. The van der Waals surface area contributed by atoms with E-state index in [0.717, 1.165) is 0 Å². The first-order valence-corrected chi connectivity index (χ1v) is 7.64. The molecule has 2 aromatic rings. The van der Waals surface area contributed by atoms with Gasteiger partial charge >= 0.3 is 5.97 Å². The van der Waals surface area contributed by atoms with Gasteiger partial charge in [-0.2, -0.15) is 0 Å². The van der Waals surface area contributed by atoms with Crippen LogP contribution in [0.1, 0.15) is 6.42 Å². The van der Waals surface area contributed by atoms with Crippen molar-refractivity contribution in [3.05, 3.63) is 30.7 Å². The predicted octanol–water partition coefficient (Wildman–Crippen LogP) is 0.948. The summed E-state index contributed by atoms with van der Waals surface area (Å²) < 4.78 is 9.88. The quantitative estimate of drug-likeness (QED) is 0.609. The van der Waals surface area contributed by atoms with Crippen molar-refractivity contribution >= 4 is 17.8 Å². The summed E-state index contributed by atoms with van der Waals surface area (Å²) in [6, 6.07) is 5.44. The van der Waals surface area contributed by atoms with E-state index in [1.807, 2.05) is 17.0 Å². The van der Waals surface area contributed by atoms with Gasteiger partial charge in [0, 0.05) is 32.4 Å². The third-order valence-electron chi connectivity index (χ3n) is 3.85. The molecule has 0 aromatic carbocycles. The van der Waals surface area contributed by atoms with Gasteiger partial charge in [0.05, 0.1) is 13.4 Å². The maximum absolute atomic E-state index is 12.0. The highest BCUT2D eigenvalue weighted by molar-refractivity contribution is 5.94. The van der Waals surface area contributed by atoms with E-state index in [9.17, 15) is 9.59 Å². The molecule has 0 spiro atoms. The SMILES string of the molecule is COC(=O)CC(=O)N1CCN(c2nccc(-c3ccco3)n2)CC1. The smallest absolute Gasteiger partial charge is 0.315 e. The predicted molar refractivity (Wildman–Crippen MR) is 85.2 cm³/mol. The summed E-state index contributed by atoms with van der Waals surface area (Å²) in [7, 11) is 1.27. The topological polar surface area (TPSA) is 88.8 Å². The Hall–Kier alpha value is -2.90. The molecule has 0 unspecified atom stereocenters. The molecular weight excluding hydrogens is 312 g/mol. The van der Waals surface area contributed by atoms with E-state index in [0.29, 0.717) is 43.6 Å². The molecule has 1 aliphatic heterocycles. The number of ether oxygens (including phenoxy) is 1. The maximum Gasteiger partial charge on any atom is 0.315 e. The number of nitrogens with zero attached hydrogens (tertiary/aromatic N) is 4. The summed E-state index contributed by atoms with van der Waals surface area (Å²) in [4.78, 5) is 35.7. The van der Waals surface area contributed by atoms with Crippen LogP contribution in [-0.4, -0.2) is 60.0 Å². The van der Waals surface area contributed by atoms with Crippen LogP contribution >= 0.6 is 0 Å². The summed E-state index contributed by atoms with van der Waals surface area (Å²) in [6.07, 6.45) is 3.07. The minimum Gasteiger partial charge on any atom is -0.469 e. The zero-order valence-electron chi connectivity index (χ0n) is 13.3. The normalized spacial score (nSPS) is 14.5. The van der Waals surface area contributed by atoms with E-state index in [1.165, 1.54) is 7.11 Å². The van der Waals surface area contributed by atoms with Crippen LogP contribution in [0.15, 0.2) is 35.1 Å². The average Bonchev–Trinajstić information content (AvgIpc) is 3.16. The molecule has 3 rings (SSSR count). The molecule has 3 heterocycles. The lowest BCUT2D eigenvalue weighted by molar-refractivity contribution is -0.146. The Kier molecular flexibility index (Phi) is 4.74. The standard InChI is InChI=1S/C16H18N4O4/c1-23-15(22)11-14(21)19-6-8-20(9-7-19)16-17-5-4-12(18-16)13-3-2-10-24-13/h2-5,10H,6-9,11H2,1H3. The molecule has 1 amide bonds. The molecule has 1 saturated heterocycles. The fraction of sp³-hybridized carbons (Fsp3) is 0.375. The molecule has 24 heavy (non-hydrogen) atoms. The largest absolute Gasteiger partial charge is 0.469 e. The van der Waals surface area contributed by atoms with Gasteiger partial charge in [-0.1, -0.05) is 0 Å². The number of furan rings is 1.